The number of benzene rings is 2. The number of hydrogen-bond acceptors (Lipinski definition) is 3. The van der Waals surface area contributed by atoms with Crippen LogP contribution in [0.2, 0.25) is 0 Å². The van der Waals surface area contributed by atoms with E-state index in [1.165, 1.54) is 15.4 Å². The molecule has 0 fully saturated rings. The standard InChI is InChI=1S/C16H18BrNOS/c1-3-18-11-12-4-7-15(10-16(12)17)20-14-8-5-13(19-2)6-9-14/h4-10,18H,3,11H2,1-2H3. The molecule has 2 nitrogen and oxygen atoms in total. The summed E-state index contributed by atoms with van der Waals surface area (Å²) in [6.45, 7) is 3.99. The van der Waals surface area contributed by atoms with E-state index in [9.17, 15) is 0 Å². The lowest BCUT2D eigenvalue weighted by atomic mass is 10.2. The summed E-state index contributed by atoms with van der Waals surface area (Å²) >= 11 is 5.39. The van der Waals surface area contributed by atoms with Crippen molar-refractivity contribution in [3.8, 4) is 5.75 Å². The molecule has 1 N–H and O–H groups in total. The van der Waals surface area contributed by atoms with Crippen LogP contribution < -0.4 is 10.1 Å². The molecule has 0 amide bonds. The summed E-state index contributed by atoms with van der Waals surface area (Å²) in [6, 6.07) is 14.6. The van der Waals surface area contributed by atoms with Crippen molar-refractivity contribution in [3.05, 3.63) is 52.5 Å². The van der Waals surface area contributed by atoms with Crippen LogP contribution in [0.3, 0.4) is 0 Å². The lowest BCUT2D eigenvalue weighted by Gasteiger charge is -2.08. The summed E-state index contributed by atoms with van der Waals surface area (Å²) in [7, 11) is 1.68. The van der Waals surface area contributed by atoms with Gasteiger partial charge in [0.25, 0.3) is 0 Å². The molecule has 0 saturated carbocycles. The molecule has 0 unspecified atom stereocenters. The summed E-state index contributed by atoms with van der Waals surface area (Å²) in [5.74, 6) is 0.886. The van der Waals surface area contributed by atoms with E-state index in [1.54, 1.807) is 18.9 Å². The highest BCUT2D eigenvalue weighted by atomic mass is 79.9. The van der Waals surface area contributed by atoms with E-state index in [0.29, 0.717) is 0 Å². The monoisotopic (exact) mass is 351 g/mol. The van der Waals surface area contributed by atoms with Crippen LogP contribution in [-0.2, 0) is 6.54 Å². The molecular formula is C16H18BrNOS. The van der Waals surface area contributed by atoms with Crippen molar-refractivity contribution in [2.75, 3.05) is 13.7 Å². The zero-order valence-electron chi connectivity index (χ0n) is 11.7. The SMILES string of the molecule is CCNCc1ccc(Sc2ccc(OC)cc2)cc1Br. The van der Waals surface area contributed by atoms with Crippen molar-refractivity contribution in [2.45, 2.75) is 23.3 Å². The van der Waals surface area contributed by atoms with Gasteiger partial charge in [-0.2, -0.15) is 0 Å². The van der Waals surface area contributed by atoms with Gasteiger partial charge in [-0.25, -0.2) is 0 Å². The van der Waals surface area contributed by atoms with E-state index in [0.717, 1.165) is 23.3 Å². The smallest absolute Gasteiger partial charge is 0.118 e. The maximum absolute atomic E-state index is 5.17. The molecule has 0 aliphatic carbocycles. The first-order valence-corrected chi connectivity index (χ1v) is 8.15. The van der Waals surface area contributed by atoms with Gasteiger partial charge in [0.2, 0.25) is 0 Å². The van der Waals surface area contributed by atoms with Gasteiger partial charge >= 0.3 is 0 Å². The van der Waals surface area contributed by atoms with E-state index < -0.39 is 0 Å². The first kappa shape index (κ1) is 15.4. The van der Waals surface area contributed by atoms with Crippen LogP contribution in [0.1, 0.15) is 12.5 Å². The Morgan fingerprint density at radius 1 is 1.10 bits per heavy atom. The fourth-order valence-electron chi connectivity index (χ4n) is 1.77. The molecule has 0 heterocycles. The van der Waals surface area contributed by atoms with Crippen LogP contribution in [0, 0.1) is 0 Å². The number of ether oxygens (including phenoxy) is 1. The second-order valence-electron chi connectivity index (χ2n) is 4.31. The van der Waals surface area contributed by atoms with E-state index in [4.69, 9.17) is 4.74 Å². The minimum atomic E-state index is 0.886. The Bertz CT molecular complexity index is 557. The Morgan fingerprint density at radius 3 is 2.40 bits per heavy atom. The molecule has 20 heavy (non-hydrogen) atoms. The van der Waals surface area contributed by atoms with E-state index in [1.807, 2.05) is 12.1 Å². The lowest BCUT2D eigenvalue weighted by Crippen LogP contribution is -2.11. The normalized spacial score (nSPS) is 10.6. The van der Waals surface area contributed by atoms with Crippen molar-refractivity contribution in [2.24, 2.45) is 0 Å². The molecule has 106 valence electrons. The molecule has 0 aliphatic heterocycles. The van der Waals surface area contributed by atoms with Crippen molar-refractivity contribution in [3.63, 3.8) is 0 Å². The maximum atomic E-state index is 5.17. The Hall–Kier alpha value is -0.970. The average molecular weight is 352 g/mol. The molecule has 0 atom stereocenters. The van der Waals surface area contributed by atoms with E-state index in [2.05, 4.69) is 58.5 Å². The average Bonchev–Trinajstić information content (AvgIpc) is 2.47. The third-order valence-electron chi connectivity index (χ3n) is 2.89. The Morgan fingerprint density at radius 2 is 1.80 bits per heavy atom. The minimum Gasteiger partial charge on any atom is -0.497 e. The summed E-state index contributed by atoms with van der Waals surface area (Å²) in [6.07, 6.45) is 0. The predicted octanol–water partition coefficient (Wildman–Crippen LogP) is 4.72. The molecule has 4 heteroatoms. The van der Waals surface area contributed by atoms with Gasteiger partial charge in [0.05, 0.1) is 7.11 Å². The van der Waals surface area contributed by atoms with Gasteiger partial charge in [0, 0.05) is 20.8 Å². The van der Waals surface area contributed by atoms with Gasteiger partial charge in [-0.15, -0.1) is 0 Å². The number of halogens is 1. The van der Waals surface area contributed by atoms with E-state index >= 15 is 0 Å². The highest BCUT2D eigenvalue weighted by molar-refractivity contribution is 9.10. The third-order valence-corrected chi connectivity index (χ3v) is 4.62. The molecular weight excluding hydrogens is 334 g/mol. The molecule has 0 radical (unpaired) electrons. The first-order chi connectivity index (χ1) is 9.72. The molecule has 0 spiro atoms. The summed E-state index contributed by atoms with van der Waals surface area (Å²) in [4.78, 5) is 2.43. The fraction of sp³-hybridized carbons (Fsp3) is 0.250. The molecule has 2 aromatic rings. The molecule has 0 bridgehead atoms. The van der Waals surface area contributed by atoms with Gasteiger partial charge in [0.15, 0.2) is 0 Å². The number of hydrogen-bond donors (Lipinski definition) is 1. The van der Waals surface area contributed by atoms with Gasteiger partial charge in [-0.05, 0) is 48.5 Å². The van der Waals surface area contributed by atoms with Crippen LogP contribution in [-0.4, -0.2) is 13.7 Å². The van der Waals surface area contributed by atoms with Crippen LogP contribution >= 0.6 is 27.7 Å². The Balaban J connectivity index is 2.07. The maximum Gasteiger partial charge on any atom is 0.118 e. The minimum absolute atomic E-state index is 0.886. The number of methoxy groups -OCH3 is 1. The number of nitrogens with one attached hydrogen (secondary N) is 1. The molecule has 0 saturated heterocycles. The quantitative estimate of drug-likeness (QED) is 0.813. The lowest BCUT2D eigenvalue weighted by molar-refractivity contribution is 0.414. The Labute approximate surface area is 133 Å². The van der Waals surface area contributed by atoms with Crippen molar-refractivity contribution >= 4 is 27.7 Å². The third kappa shape index (κ3) is 4.27. The second kappa shape index (κ2) is 7.72. The molecule has 0 aliphatic rings. The van der Waals surface area contributed by atoms with Gasteiger partial charge in [-0.1, -0.05) is 40.7 Å². The highest BCUT2D eigenvalue weighted by Crippen LogP contribution is 2.31. The van der Waals surface area contributed by atoms with Crippen molar-refractivity contribution < 1.29 is 4.74 Å². The number of rotatable bonds is 6. The van der Waals surface area contributed by atoms with Gasteiger partial charge in [-0.3, -0.25) is 0 Å². The van der Waals surface area contributed by atoms with Crippen molar-refractivity contribution in [1.29, 1.82) is 0 Å². The first-order valence-electron chi connectivity index (χ1n) is 6.54. The van der Waals surface area contributed by atoms with E-state index in [-0.39, 0.29) is 0 Å². The van der Waals surface area contributed by atoms with Crippen LogP contribution in [0.25, 0.3) is 0 Å². The summed E-state index contributed by atoms with van der Waals surface area (Å²) in [5, 5.41) is 3.34. The van der Waals surface area contributed by atoms with Crippen molar-refractivity contribution in [1.82, 2.24) is 5.32 Å². The Kier molecular flexibility index (Phi) is 5.95. The van der Waals surface area contributed by atoms with Gasteiger partial charge in [0.1, 0.15) is 5.75 Å². The summed E-state index contributed by atoms with van der Waals surface area (Å²) in [5.41, 5.74) is 1.28. The second-order valence-corrected chi connectivity index (χ2v) is 6.31. The fourth-order valence-corrected chi connectivity index (χ4v) is 3.30. The van der Waals surface area contributed by atoms with Crippen LogP contribution in [0.4, 0.5) is 0 Å². The summed E-state index contributed by atoms with van der Waals surface area (Å²) < 4.78 is 6.32. The largest absolute Gasteiger partial charge is 0.497 e. The molecule has 2 aromatic carbocycles. The highest BCUT2D eigenvalue weighted by Gasteiger charge is 2.03. The molecule has 0 aromatic heterocycles. The molecule has 2 rings (SSSR count). The van der Waals surface area contributed by atoms with Crippen LogP contribution in [0.5, 0.6) is 5.75 Å². The zero-order valence-corrected chi connectivity index (χ0v) is 14.1. The van der Waals surface area contributed by atoms with Gasteiger partial charge < -0.3 is 10.1 Å². The topological polar surface area (TPSA) is 21.3 Å². The zero-order chi connectivity index (χ0) is 14.4. The predicted molar refractivity (Wildman–Crippen MR) is 88.6 cm³/mol. The van der Waals surface area contributed by atoms with Crippen LogP contribution in [0.15, 0.2) is 56.7 Å².